The zero-order valence-electron chi connectivity index (χ0n) is 9.71. The number of rotatable bonds is 3. The Morgan fingerprint density at radius 2 is 1.79 bits per heavy atom. The van der Waals surface area contributed by atoms with E-state index in [9.17, 15) is 18.3 Å². The van der Waals surface area contributed by atoms with E-state index in [2.05, 4.69) is 15.9 Å². The number of benzene rings is 2. The molecule has 2 rings (SSSR count). The predicted molar refractivity (Wildman–Crippen MR) is 69.1 cm³/mol. The van der Waals surface area contributed by atoms with Crippen molar-refractivity contribution in [3.05, 3.63) is 69.4 Å². The average Bonchev–Trinajstić information content (AvgIpc) is 2.37. The Balaban J connectivity index is 2.23. The number of aliphatic hydroxyl groups is 1. The van der Waals surface area contributed by atoms with Crippen LogP contribution in [0, 0.1) is 17.5 Å². The number of aliphatic hydroxyl groups excluding tert-OH is 1. The van der Waals surface area contributed by atoms with Crippen molar-refractivity contribution in [1.29, 1.82) is 0 Å². The zero-order valence-corrected chi connectivity index (χ0v) is 11.3. The molecule has 5 heteroatoms. The molecule has 0 bridgehead atoms. The molecule has 1 nitrogen and oxygen atoms in total. The first-order valence-corrected chi connectivity index (χ1v) is 6.34. The van der Waals surface area contributed by atoms with Crippen molar-refractivity contribution in [3.8, 4) is 0 Å². The van der Waals surface area contributed by atoms with Gasteiger partial charge in [-0.15, -0.1) is 0 Å². The van der Waals surface area contributed by atoms with E-state index in [1.807, 2.05) is 0 Å². The van der Waals surface area contributed by atoms with Crippen LogP contribution in [0.4, 0.5) is 13.2 Å². The third kappa shape index (κ3) is 3.16. The maximum absolute atomic E-state index is 13.8. The molecule has 0 aliphatic rings. The molecule has 0 aromatic heterocycles. The topological polar surface area (TPSA) is 20.2 Å². The second-order valence-electron chi connectivity index (χ2n) is 4.11. The second-order valence-corrected chi connectivity index (χ2v) is 4.97. The molecular formula is C14H10BrF3O. The van der Waals surface area contributed by atoms with Crippen molar-refractivity contribution < 1.29 is 18.3 Å². The third-order valence-electron chi connectivity index (χ3n) is 2.75. The molecule has 0 amide bonds. The molecule has 2 aromatic rings. The zero-order chi connectivity index (χ0) is 14.0. The van der Waals surface area contributed by atoms with Crippen LogP contribution in [0.25, 0.3) is 0 Å². The lowest BCUT2D eigenvalue weighted by Gasteiger charge is -2.13. The van der Waals surface area contributed by atoms with Gasteiger partial charge >= 0.3 is 0 Å². The van der Waals surface area contributed by atoms with Crippen molar-refractivity contribution >= 4 is 15.9 Å². The summed E-state index contributed by atoms with van der Waals surface area (Å²) in [6, 6.07) is 7.89. The Morgan fingerprint density at radius 3 is 2.47 bits per heavy atom. The van der Waals surface area contributed by atoms with E-state index in [1.165, 1.54) is 18.2 Å². The van der Waals surface area contributed by atoms with Crippen LogP contribution in [0.5, 0.6) is 0 Å². The summed E-state index contributed by atoms with van der Waals surface area (Å²) in [5.74, 6) is -2.50. The highest BCUT2D eigenvalue weighted by Gasteiger charge is 2.16. The maximum Gasteiger partial charge on any atom is 0.159 e. The molecule has 1 atom stereocenters. The first-order chi connectivity index (χ1) is 8.99. The van der Waals surface area contributed by atoms with E-state index in [1.54, 1.807) is 6.07 Å². The summed E-state index contributed by atoms with van der Waals surface area (Å²) in [6.07, 6.45) is -1.12. The monoisotopic (exact) mass is 330 g/mol. The molecule has 19 heavy (non-hydrogen) atoms. The van der Waals surface area contributed by atoms with Crippen LogP contribution in [0.3, 0.4) is 0 Å². The highest BCUT2D eigenvalue weighted by molar-refractivity contribution is 9.10. The first-order valence-electron chi connectivity index (χ1n) is 5.55. The largest absolute Gasteiger partial charge is 0.388 e. The van der Waals surface area contributed by atoms with Crippen molar-refractivity contribution in [2.75, 3.05) is 0 Å². The summed E-state index contributed by atoms with van der Waals surface area (Å²) in [7, 11) is 0. The summed E-state index contributed by atoms with van der Waals surface area (Å²) in [4.78, 5) is 0. The highest BCUT2D eigenvalue weighted by atomic mass is 79.9. The van der Waals surface area contributed by atoms with Crippen LogP contribution < -0.4 is 0 Å². The van der Waals surface area contributed by atoms with Gasteiger partial charge in [0.2, 0.25) is 0 Å². The molecule has 0 saturated heterocycles. The number of halogens is 4. The Bertz CT molecular complexity index is 601. The fourth-order valence-corrected chi connectivity index (χ4v) is 2.16. The van der Waals surface area contributed by atoms with Crippen LogP contribution >= 0.6 is 15.9 Å². The maximum atomic E-state index is 13.8. The molecule has 0 aliphatic carbocycles. The van der Waals surface area contributed by atoms with Crippen LogP contribution in [-0.2, 0) is 6.42 Å². The van der Waals surface area contributed by atoms with Gasteiger partial charge in [-0.1, -0.05) is 18.2 Å². The predicted octanol–water partition coefficient (Wildman–Crippen LogP) is 4.14. The highest BCUT2D eigenvalue weighted by Crippen LogP contribution is 2.26. The molecule has 0 radical (unpaired) electrons. The van der Waals surface area contributed by atoms with Gasteiger partial charge in [0.15, 0.2) is 11.6 Å². The number of hydrogen-bond donors (Lipinski definition) is 1. The van der Waals surface area contributed by atoms with Gasteiger partial charge in [0.05, 0.1) is 10.6 Å². The molecule has 0 saturated carbocycles. The van der Waals surface area contributed by atoms with E-state index in [4.69, 9.17) is 0 Å². The fraction of sp³-hybridized carbons (Fsp3) is 0.143. The minimum absolute atomic E-state index is 0.00454. The summed E-state index contributed by atoms with van der Waals surface area (Å²) in [5, 5.41) is 9.96. The van der Waals surface area contributed by atoms with Crippen LogP contribution in [0.15, 0.2) is 40.9 Å². The Kier molecular flexibility index (Phi) is 4.27. The molecule has 1 N–H and O–H groups in total. The minimum Gasteiger partial charge on any atom is -0.388 e. The Hall–Kier alpha value is -1.33. The Labute approximate surface area is 116 Å². The number of hydrogen-bond acceptors (Lipinski definition) is 1. The third-order valence-corrected chi connectivity index (χ3v) is 3.37. The van der Waals surface area contributed by atoms with Crippen molar-refractivity contribution in [3.63, 3.8) is 0 Å². The smallest absolute Gasteiger partial charge is 0.159 e. The molecule has 2 aromatic carbocycles. The van der Waals surface area contributed by atoms with E-state index in [0.29, 0.717) is 5.56 Å². The van der Waals surface area contributed by atoms with Gasteiger partial charge in [-0.25, -0.2) is 13.2 Å². The van der Waals surface area contributed by atoms with E-state index in [0.717, 1.165) is 12.1 Å². The molecule has 0 spiro atoms. The van der Waals surface area contributed by atoms with Crippen molar-refractivity contribution in [2.24, 2.45) is 0 Å². The minimum atomic E-state index is -1.12. The van der Waals surface area contributed by atoms with Gasteiger partial charge in [0, 0.05) is 12.0 Å². The first kappa shape index (κ1) is 14.1. The molecule has 1 unspecified atom stereocenters. The Morgan fingerprint density at radius 1 is 1.05 bits per heavy atom. The van der Waals surface area contributed by atoms with Crippen LogP contribution in [-0.4, -0.2) is 5.11 Å². The van der Waals surface area contributed by atoms with E-state index < -0.39 is 23.6 Å². The van der Waals surface area contributed by atoms with Crippen molar-refractivity contribution in [2.45, 2.75) is 12.5 Å². The van der Waals surface area contributed by atoms with Gasteiger partial charge in [-0.05, 0) is 39.7 Å². The lowest BCUT2D eigenvalue weighted by atomic mass is 10.0. The lowest BCUT2D eigenvalue weighted by Crippen LogP contribution is -2.05. The summed E-state index contributed by atoms with van der Waals surface area (Å²) in [6.45, 7) is 0. The normalized spacial score (nSPS) is 12.5. The quantitative estimate of drug-likeness (QED) is 0.896. The van der Waals surface area contributed by atoms with E-state index >= 15 is 0 Å². The standard InChI is InChI=1S/C14H10BrF3O/c15-10-3-1-2-9(14(10)18)13(19)7-8-4-5-11(16)12(17)6-8/h1-6,13,19H,7H2. The molecule has 100 valence electrons. The second kappa shape index (κ2) is 5.75. The summed E-state index contributed by atoms with van der Waals surface area (Å²) < 4.78 is 39.8. The molecular weight excluding hydrogens is 321 g/mol. The van der Waals surface area contributed by atoms with Crippen LogP contribution in [0.1, 0.15) is 17.2 Å². The van der Waals surface area contributed by atoms with Gasteiger partial charge in [0.25, 0.3) is 0 Å². The average molecular weight is 331 g/mol. The van der Waals surface area contributed by atoms with Crippen molar-refractivity contribution in [1.82, 2.24) is 0 Å². The summed E-state index contributed by atoms with van der Waals surface area (Å²) >= 11 is 3.03. The van der Waals surface area contributed by atoms with Gasteiger partial charge < -0.3 is 5.11 Å². The van der Waals surface area contributed by atoms with E-state index in [-0.39, 0.29) is 16.5 Å². The summed E-state index contributed by atoms with van der Waals surface area (Å²) in [5.41, 5.74) is 0.505. The van der Waals surface area contributed by atoms with Gasteiger partial charge in [-0.2, -0.15) is 0 Å². The van der Waals surface area contributed by atoms with Crippen LogP contribution in [0.2, 0.25) is 0 Å². The van der Waals surface area contributed by atoms with Gasteiger partial charge in [-0.3, -0.25) is 0 Å². The lowest BCUT2D eigenvalue weighted by molar-refractivity contribution is 0.173. The fourth-order valence-electron chi connectivity index (χ4n) is 1.78. The van der Waals surface area contributed by atoms with Gasteiger partial charge in [0.1, 0.15) is 5.82 Å². The molecule has 0 fully saturated rings. The molecule has 0 heterocycles. The molecule has 0 aliphatic heterocycles. The SMILES string of the molecule is OC(Cc1ccc(F)c(F)c1)c1cccc(Br)c1F.